The lowest BCUT2D eigenvalue weighted by molar-refractivity contribution is -0.131. The van der Waals surface area contributed by atoms with E-state index in [9.17, 15) is 4.79 Å². The first-order chi connectivity index (χ1) is 10.0. The zero-order valence-electron chi connectivity index (χ0n) is 12.4. The van der Waals surface area contributed by atoms with E-state index in [4.69, 9.17) is 9.84 Å². The molecule has 0 spiro atoms. The molecule has 0 heterocycles. The van der Waals surface area contributed by atoms with E-state index in [0.29, 0.717) is 5.57 Å². The summed E-state index contributed by atoms with van der Waals surface area (Å²) in [5, 5.41) is 9.17. The Kier molecular flexibility index (Phi) is 4.43. The summed E-state index contributed by atoms with van der Waals surface area (Å²) < 4.78 is 5.14. The Morgan fingerprint density at radius 3 is 2.33 bits per heavy atom. The number of hydrogen-bond acceptors (Lipinski definition) is 2. The standard InChI is InChI=1S/C18H18O3/c1-12-4-5-13(2)16(10-12)17(11-18(19)20)14-6-8-15(21-3)9-7-14/h4-11H,1-3H3,(H,19,20)/b17-11+. The van der Waals surface area contributed by atoms with Crippen LogP contribution in [-0.4, -0.2) is 18.2 Å². The van der Waals surface area contributed by atoms with Gasteiger partial charge in [-0.1, -0.05) is 35.9 Å². The Bertz CT molecular complexity index is 682. The van der Waals surface area contributed by atoms with Crippen molar-refractivity contribution in [2.45, 2.75) is 13.8 Å². The molecular formula is C18H18O3. The highest BCUT2D eigenvalue weighted by atomic mass is 16.5. The van der Waals surface area contributed by atoms with Crippen LogP contribution in [-0.2, 0) is 4.79 Å². The van der Waals surface area contributed by atoms with Gasteiger partial charge in [0.1, 0.15) is 5.75 Å². The molecule has 0 aliphatic heterocycles. The number of methoxy groups -OCH3 is 1. The Morgan fingerprint density at radius 2 is 1.76 bits per heavy atom. The molecule has 0 unspecified atom stereocenters. The number of hydrogen-bond donors (Lipinski definition) is 1. The first kappa shape index (κ1) is 14.9. The van der Waals surface area contributed by atoms with Crippen LogP contribution in [0.4, 0.5) is 0 Å². The van der Waals surface area contributed by atoms with Crippen LogP contribution in [0, 0.1) is 13.8 Å². The average molecular weight is 282 g/mol. The van der Waals surface area contributed by atoms with Gasteiger partial charge in [0.25, 0.3) is 0 Å². The molecule has 21 heavy (non-hydrogen) atoms. The van der Waals surface area contributed by atoms with E-state index < -0.39 is 5.97 Å². The van der Waals surface area contributed by atoms with Crippen LogP contribution in [0.3, 0.4) is 0 Å². The molecule has 0 aliphatic rings. The molecule has 2 aromatic rings. The molecule has 108 valence electrons. The quantitative estimate of drug-likeness (QED) is 0.867. The van der Waals surface area contributed by atoms with Crippen molar-refractivity contribution in [2.75, 3.05) is 7.11 Å². The highest BCUT2D eigenvalue weighted by Crippen LogP contribution is 2.28. The first-order valence-electron chi connectivity index (χ1n) is 6.68. The molecule has 0 atom stereocenters. The van der Waals surface area contributed by atoms with Gasteiger partial charge in [0.15, 0.2) is 0 Å². The van der Waals surface area contributed by atoms with Gasteiger partial charge in [0.05, 0.1) is 7.11 Å². The van der Waals surface area contributed by atoms with Gasteiger partial charge < -0.3 is 9.84 Å². The largest absolute Gasteiger partial charge is 0.497 e. The highest BCUT2D eigenvalue weighted by Gasteiger charge is 2.10. The predicted molar refractivity (Wildman–Crippen MR) is 83.6 cm³/mol. The summed E-state index contributed by atoms with van der Waals surface area (Å²) in [4.78, 5) is 11.2. The van der Waals surface area contributed by atoms with E-state index in [2.05, 4.69) is 0 Å². The van der Waals surface area contributed by atoms with Crippen molar-refractivity contribution in [3.8, 4) is 5.75 Å². The van der Waals surface area contributed by atoms with Gasteiger partial charge in [0.2, 0.25) is 0 Å². The fourth-order valence-corrected chi connectivity index (χ4v) is 2.24. The number of aliphatic carboxylic acids is 1. The van der Waals surface area contributed by atoms with Crippen LogP contribution in [0.15, 0.2) is 48.5 Å². The monoisotopic (exact) mass is 282 g/mol. The molecule has 0 amide bonds. The smallest absolute Gasteiger partial charge is 0.328 e. The van der Waals surface area contributed by atoms with Gasteiger partial charge in [-0.15, -0.1) is 0 Å². The zero-order chi connectivity index (χ0) is 15.4. The van der Waals surface area contributed by atoms with Crippen LogP contribution in [0.25, 0.3) is 5.57 Å². The minimum atomic E-state index is -0.957. The lowest BCUT2D eigenvalue weighted by Crippen LogP contribution is -1.97. The third-order valence-corrected chi connectivity index (χ3v) is 3.35. The molecule has 0 saturated carbocycles. The van der Waals surface area contributed by atoms with Gasteiger partial charge in [-0.25, -0.2) is 4.79 Å². The van der Waals surface area contributed by atoms with Gasteiger partial charge in [-0.05, 0) is 48.2 Å². The Hall–Kier alpha value is -2.55. The second-order valence-electron chi connectivity index (χ2n) is 4.94. The van der Waals surface area contributed by atoms with Crippen molar-refractivity contribution in [2.24, 2.45) is 0 Å². The maximum Gasteiger partial charge on any atom is 0.328 e. The summed E-state index contributed by atoms with van der Waals surface area (Å²) in [6.45, 7) is 3.98. The maximum atomic E-state index is 11.2. The van der Waals surface area contributed by atoms with Crippen molar-refractivity contribution >= 4 is 11.5 Å². The maximum absolute atomic E-state index is 11.2. The topological polar surface area (TPSA) is 46.5 Å². The van der Waals surface area contributed by atoms with Crippen molar-refractivity contribution < 1.29 is 14.6 Å². The van der Waals surface area contributed by atoms with Crippen LogP contribution < -0.4 is 4.74 Å². The lowest BCUT2D eigenvalue weighted by atomic mass is 9.92. The predicted octanol–water partition coefficient (Wildman–Crippen LogP) is 3.83. The summed E-state index contributed by atoms with van der Waals surface area (Å²) in [5.41, 5.74) is 4.63. The van der Waals surface area contributed by atoms with Crippen molar-refractivity contribution in [1.29, 1.82) is 0 Å². The molecule has 0 aromatic heterocycles. The summed E-state index contributed by atoms with van der Waals surface area (Å²) in [5.74, 6) is -0.212. The Labute approximate surface area is 124 Å². The Morgan fingerprint density at radius 1 is 1.10 bits per heavy atom. The number of carboxylic acid groups (broad SMARTS) is 1. The molecule has 2 aromatic carbocycles. The summed E-state index contributed by atoms with van der Waals surface area (Å²) in [7, 11) is 1.60. The molecular weight excluding hydrogens is 264 g/mol. The molecule has 0 bridgehead atoms. The number of carbonyl (C=O) groups is 1. The second-order valence-corrected chi connectivity index (χ2v) is 4.94. The summed E-state index contributed by atoms with van der Waals surface area (Å²) in [6, 6.07) is 13.4. The zero-order valence-corrected chi connectivity index (χ0v) is 12.4. The fourth-order valence-electron chi connectivity index (χ4n) is 2.24. The number of benzene rings is 2. The molecule has 1 N–H and O–H groups in total. The number of aryl methyl sites for hydroxylation is 2. The molecule has 2 rings (SSSR count). The number of carboxylic acids is 1. The second kappa shape index (κ2) is 6.27. The van der Waals surface area contributed by atoms with Gasteiger partial charge in [-0.3, -0.25) is 0 Å². The van der Waals surface area contributed by atoms with E-state index in [0.717, 1.165) is 28.0 Å². The normalized spacial score (nSPS) is 11.3. The molecule has 3 heteroatoms. The third kappa shape index (κ3) is 3.51. The Balaban J connectivity index is 2.58. The average Bonchev–Trinajstić information content (AvgIpc) is 2.47. The fraction of sp³-hybridized carbons (Fsp3) is 0.167. The SMILES string of the molecule is COc1ccc(/C(=C\C(=O)O)c2cc(C)ccc2C)cc1. The first-order valence-corrected chi connectivity index (χ1v) is 6.68. The van der Waals surface area contributed by atoms with Crippen molar-refractivity contribution in [3.63, 3.8) is 0 Å². The lowest BCUT2D eigenvalue weighted by Gasteiger charge is -2.12. The van der Waals surface area contributed by atoms with Gasteiger partial charge in [-0.2, -0.15) is 0 Å². The van der Waals surface area contributed by atoms with Crippen LogP contribution in [0.5, 0.6) is 5.75 Å². The van der Waals surface area contributed by atoms with Gasteiger partial charge in [0, 0.05) is 6.08 Å². The van der Waals surface area contributed by atoms with Crippen LogP contribution in [0.1, 0.15) is 22.3 Å². The third-order valence-electron chi connectivity index (χ3n) is 3.35. The van der Waals surface area contributed by atoms with E-state index in [-0.39, 0.29) is 0 Å². The van der Waals surface area contributed by atoms with Crippen molar-refractivity contribution in [1.82, 2.24) is 0 Å². The van der Waals surface area contributed by atoms with E-state index >= 15 is 0 Å². The van der Waals surface area contributed by atoms with E-state index in [1.807, 2.05) is 56.3 Å². The number of ether oxygens (including phenoxy) is 1. The molecule has 0 radical (unpaired) electrons. The minimum absolute atomic E-state index is 0.700. The van der Waals surface area contributed by atoms with E-state index in [1.165, 1.54) is 6.08 Å². The molecule has 0 aliphatic carbocycles. The molecule has 3 nitrogen and oxygen atoms in total. The van der Waals surface area contributed by atoms with Gasteiger partial charge >= 0.3 is 5.97 Å². The molecule has 0 fully saturated rings. The van der Waals surface area contributed by atoms with Crippen LogP contribution in [0.2, 0.25) is 0 Å². The highest BCUT2D eigenvalue weighted by molar-refractivity contribution is 5.96. The minimum Gasteiger partial charge on any atom is -0.497 e. The summed E-state index contributed by atoms with van der Waals surface area (Å²) >= 11 is 0. The summed E-state index contributed by atoms with van der Waals surface area (Å²) in [6.07, 6.45) is 1.25. The van der Waals surface area contributed by atoms with Crippen LogP contribution >= 0.6 is 0 Å². The van der Waals surface area contributed by atoms with Crippen molar-refractivity contribution in [3.05, 3.63) is 70.8 Å². The molecule has 0 saturated heterocycles. The van der Waals surface area contributed by atoms with E-state index in [1.54, 1.807) is 7.11 Å². The number of rotatable bonds is 4.